The molecule has 9 amide bonds. The quantitative estimate of drug-likeness (QED) is 0.0584. The lowest BCUT2D eigenvalue weighted by atomic mass is 9.68. The molecule has 0 aromatic heterocycles. The number of hydrogen-bond donors (Lipinski definition) is 10. The number of hydrogen-bond acceptors (Lipinski definition) is 11. The third-order valence-corrected chi connectivity index (χ3v) is 14.2. The van der Waals surface area contributed by atoms with Gasteiger partial charge in [0.15, 0.2) is 5.96 Å². The SMILES string of the molecule is CCOc1ccc(C[C@H]2NC(=O)CC3(CCCCC3)CCCC(C(=O)N3CCC[C@@H]3C(=O)N[C@@H](CCCN=C(N)N)C(N)=O)NC(=O)[C@H](CC(N)=O)NC(=O)[C@H](C(C)C)NC(=O)[C@H](Cc3ccccc3)NC2=O)cc1. The van der Waals surface area contributed by atoms with Gasteiger partial charge in [0, 0.05) is 32.4 Å². The molecule has 1 unspecified atom stereocenters. The molecule has 3 fully saturated rings. The van der Waals surface area contributed by atoms with E-state index in [0.717, 1.165) is 24.8 Å². The molecule has 75 heavy (non-hydrogen) atoms. The number of likely N-dealkylation sites (tertiary alicyclic amines) is 1. The highest BCUT2D eigenvalue weighted by Gasteiger charge is 2.42. The minimum absolute atomic E-state index is 0.00571. The van der Waals surface area contributed by atoms with Crippen molar-refractivity contribution in [2.75, 3.05) is 19.7 Å². The van der Waals surface area contributed by atoms with Crippen molar-refractivity contribution < 1.29 is 47.9 Å². The number of nitrogens with two attached hydrogens (primary N) is 4. The Bertz CT molecular complexity index is 2340. The first kappa shape index (κ1) is 58.6. The number of guanidine groups is 1. The molecule has 2 heterocycles. The molecular formula is C53H78N12O10. The zero-order valence-electron chi connectivity index (χ0n) is 43.5. The topological polar surface area (TPSA) is 355 Å². The van der Waals surface area contributed by atoms with Crippen molar-refractivity contribution in [2.45, 2.75) is 166 Å². The Kier molecular flexibility index (Phi) is 22.2. The molecule has 0 radical (unpaired) electrons. The summed E-state index contributed by atoms with van der Waals surface area (Å²) in [7, 11) is 0. The van der Waals surface area contributed by atoms with Crippen LogP contribution in [0.2, 0.25) is 0 Å². The largest absolute Gasteiger partial charge is 0.494 e. The zero-order chi connectivity index (χ0) is 54.7. The van der Waals surface area contributed by atoms with Crippen molar-refractivity contribution in [2.24, 2.45) is 39.3 Å². The molecular weight excluding hydrogens is 965 g/mol. The first-order valence-corrected chi connectivity index (χ1v) is 26.3. The molecule has 22 heteroatoms. The normalized spacial score (nSPS) is 23.6. The van der Waals surface area contributed by atoms with Gasteiger partial charge >= 0.3 is 0 Å². The average molecular weight is 1040 g/mol. The fourth-order valence-corrected chi connectivity index (χ4v) is 10.3. The molecule has 14 N–H and O–H groups in total. The van der Waals surface area contributed by atoms with Crippen LogP contribution in [0.5, 0.6) is 5.75 Å². The van der Waals surface area contributed by atoms with E-state index in [9.17, 15) is 43.2 Å². The predicted octanol–water partition coefficient (Wildman–Crippen LogP) is 0.365. The van der Waals surface area contributed by atoms with Crippen LogP contribution in [0.15, 0.2) is 59.6 Å². The van der Waals surface area contributed by atoms with Crippen molar-refractivity contribution in [3.8, 4) is 5.75 Å². The molecule has 1 aliphatic carbocycles. The van der Waals surface area contributed by atoms with Crippen LogP contribution in [0.4, 0.5) is 0 Å². The van der Waals surface area contributed by atoms with Crippen LogP contribution in [0, 0.1) is 11.3 Å². The van der Waals surface area contributed by atoms with Crippen molar-refractivity contribution in [3.05, 3.63) is 65.7 Å². The van der Waals surface area contributed by atoms with Gasteiger partial charge in [-0.15, -0.1) is 0 Å². The number of rotatable bonds is 17. The van der Waals surface area contributed by atoms with Crippen molar-refractivity contribution in [1.29, 1.82) is 0 Å². The van der Waals surface area contributed by atoms with Crippen LogP contribution in [0.1, 0.15) is 122 Å². The minimum atomic E-state index is -1.61. The number of benzene rings is 2. The second kappa shape index (κ2) is 28.4. The van der Waals surface area contributed by atoms with Gasteiger partial charge in [-0.05, 0) is 92.9 Å². The Balaban J connectivity index is 1.52. The lowest BCUT2D eigenvalue weighted by Gasteiger charge is -2.38. The van der Waals surface area contributed by atoms with Gasteiger partial charge in [0.05, 0.1) is 13.0 Å². The molecule has 2 aliphatic heterocycles. The van der Waals surface area contributed by atoms with Crippen LogP contribution in [-0.4, -0.2) is 126 Å². The van der Waals surface area contributed by atoms with Gasteiger partial charge in [-0.25, -0.2) is 0 Å². The second-order valence-corrected chi connectivity index (χ2v) is 20.4. The summed E-state index contributed by atoms with van der Waals surface area (Å²) in [6, 6.07) is 7.35. The summed E-state index contributed by atoms with van der Waals surface area (Å²) >= 11 is 0. The highest BCUT2D eigenvalue weighted by atomic mass is 16.5. The van der Waals surface area contributed by atoms with Gasteiger partial charge in [-0.2, -0.15) is 0 Å². The molecule has 1 spiro atoms. The van der Waals surface area contributed by atoms with Crippen LogP contribution < -0.4 is 59.6 Å². The first-order valence-electron chi connectivity index (χ1n) is 26.3. The Labute approximate surface area is 438 Å². The summed E-state index contributed by atoms with van der Waals surface area (Å²) in [6.45, 7) is 5.96. The third kappa shape index (κ3) is 18.0. The van der Waals surface area contributed by atoms with E-state index in [1.807, 2.05) is 6.92 Å². The van der Waals surface area contributed by atoms with E-state index in [2.05, 4.69) is 36.9 Å². The molecule has 2 saturated heterocycles. The maximum atomic E-state index is 14.8. The molecule has 1 saturated carbocycles. The van der Waals surface area contributed by atoms with E-state index in [-0.39, 0.29) is 63.5 Å². The zero-order valence-corrected chi connectivity index (χ0v) is 43.5. The molecule has 22 nitrogen and oxygen atoms in total. The summed E-state index contributed by atoms with van der Waals surface area (Å²) < 4.78 is 5.64. The fraction of sp³-hybridized carbons (Fsp3) is 0.585. The number of nitrogens with one attached hydrogen (secondary N) is 6. The number of ether oxygens (including phenoxy) is 1. The second-order valence-electron chi connectivity index (χ2n) is 20.4. The van der Waals surface area contributed by atoms with E-state index in [1.54, 1.807) is 68.4 Å². The van der Waals surface area contributed by atoms with E-state index in [0.29, 0.717) is 56.4 Å². The molecule has 0 bridgehead atoms. The maximum absolute atomic E-state index is 14.8. The summed E-state index contributed by atoms with van der Waals surface area (Å²) in [5.41, 5.74) is 23.0. The number of amides is 9. The lowest BCUT2D eigenvalue weighted by Crippen LogP contribution is -2.61. The summed E-state index contributed by atoms with van der Waals surface area (Å²) in [4.78, 5) is 131. The monoisotopic (exact) mass is 1040 g/mol. The van der Waals surface area contributed by atoms with Crippen molar-refractivity contribution in [1.82, 2.24) is 36.8 Å². The van der Waals surface area contributed by atoms with Crippen LogP contribution in [-0.2, 0) is 56.0 Å². The number of primary amides is 2. The van der Waals surface area contributed by atoms with Gasteiger partial charge in [0.1, 0.15) is 48.0 Å². The van der Waals surface area contributed by atoms with Gasteiger partial charge < -0.3 is 64.5 Å². The van der Waals surface area contributed by atoms with Gasteiger partial charge in [0.25, 0.3) is 0 Å². The number of nitrogens with zero attached hydrogens (tertiary/aromatic N) is 2. The molecule has 2 aromatic carbocycles. The van der Waals surface area contributed by atoms with E-state index < -0.39 is 107 Å². The number of carbonyl (C=O) groups is 9. The standard InChI is InChI=1S/C53H78N12O10/c1-4-75-35-21-19-34(20-22-35)29-38-46(69)62-39(28-33-14-7-5-8-15-33)48(71)64-44(32(2)3)50(73)63-40(30-42(54)66)47(70)61-37(16-11-25-53(31-43(67)59-38)23-9-6-10-24-53)51(74)65-27-13-18-41(65)49(72)60-36(45(55)68)17-12-26-58-52(56)57/h5,7-8,14-15,19-22,32,36-41,44H,4,6,9-13,16-18,23-31H2,1-3H3,(H2,54,66)(H2,55,68)(H,59,67)(H,60,72)(H,61,70)(H,62,69)(H,63,73)(H,64,71)(H4,56,57,58)/t36-,37?,38+,39-,40-,41+,44-/m0/s1. The first-order chi connectivity index (χ1) is 35.8. The van der Waals surface area contributed by atoms with Crippen molar-refractivity contribution >= 4 is 59.1 Å². The number of aliphatic imine (C=N–C) groups is 1. The van der Waals surface area contributed by atoms with E-state index >= 15 is 0 Å². The number of carbonyl (C=O) groups excluding carboxylic acids is 9. The lowest BCUT2D eigenvalue weighted by molar-refractivity contribution is -0.143. The third-order valence-electron chi connectivity index (χ3n) is 14.2. The summed E-state index contributed by atoms with van der Waals surface area (Å²) in [5.74, 6) is -6.61. The maximum Gasteiger partial charge on any atom is 0.245 e. The van der Waals surface area contributed by atoms with Gasteiger partial charge in [-0.1, -0.05) is 82.0 Å². The van der Waals surface area contributed by atoms with Crippen molar-refractivity contribution in [3.63, 3.8) is 0 Å². The molecule has 7 atom stereocenters. The van der Waals surface area contributed by atoms with Crippen LogP contribution in [0.3, 0.4) is 0 Å². The average Bonchev–Trinajstić information content (AvgIpc) is 3.86. The van der Waals surface area contributed by atoms with E-state index in [1.165, 1.54) is 4.90 Å². The van der Waals surface area contributed by atoms with Gasteiger partial charge in [0.2, 0.25) is 53.2 Å². The van der Waals surface area contributed by atoms with Crippen LogP contribution in [0.25, 0.3) is 0 Å². The molecule has 2 aromatic rings. The fourth-order valence-electron chi connectivity index (χ4n) is 10.3. The summed E-state index contributed by atoms with van der Waals surface area (Å²) in [6.07, 6.45) is 5.28. The smallest absolute Gasteiger partial charge is 0.245 e. The minimum Gasteiger partial charge on any atom is -0.494 e. The Hall–Kier alpha value is -7.26. The Morgan fingerprint density at radius 1 is 0.733 bits per heavy atom. The van der Waals surface area contributed by atoms with Crippen LogP contribution >= 0.6 is 0 Å². The van der Waals surface area contributed by atoms with E-state index in [4.69, 9.17) is 27.7 Å². The van der Waals surface area contributed by atoms with Gasteiger partial charge in [-0.3, -0.25) is 48.1 Å². The highest BCUT2D eigenvalue weighted by Crippen LogP contribution is 2.44. The molecule has 5 rings (SSSR count). The summed E-state index contributed by atoms with van der Waals surface area (Å²) in [5, 5.41) is 16.7. The highest BCUT2D eigenvalue weighted by molar-refractivity contribution is 5.99. The Morgan fingerprint density at radius 2 is 1.35 bits per heavy atom. The Morgan fingerprint density at radius 3 is 1.97 bits per heavy atom. The molecule has 3 aliphatic rings. The molecule has 410 valence electrons. The predicted molar refractivity (Wildman–Crippen MR) is 280 cm³/mol.